The molecule has 0 aliphatic carbocycles. The fourth-order valence-electron chi connectivity index (χ4n) is 2.46. The molecule has 0 N–H and O–H groups in total. The molecule has 4 heteroatoms. The number of nitrogens with zero attached hydrogens (tertiary/aromatic N) is 2. The second-order valence-electron chi connectivity index (χ2n) is 5.42. The lowest BCUT2D eigenvalue weighted by atomic mass is 10.1. The Balaban J connectivity index is 1.86. The predicted octanol–water partition coefficient (Wildman–Crippen LogP) is 3.14. The van der Waals surface area contributed by atoms with Crippen LogP contribution in [0, 0.1) is 0 Å². The normalized spacial score (nSPS) is 17.8. The van der Waals surface area contributed by atoms with Gasteiger partial charge in [0.05, 0.1) is 0 Å². The third-order valence-corrected chi connectivity index (χ3v) is 5.45. The molecule has 1 aliphatic heterocycles. The van der Waals surface area contributed by atoms with Crippen LogP contribution in [0.4, 0.5) is 0 Å². The van der Waals surface area contributed by atoms with Gasteiger partial charge in [0.25, 0.3) is 0 Å². The molecule has 1 saturated heterocycles. The topological polar surface area (TPSA) is 6.48 Å². The molecule has 0 amide bonds. The van der Waals surface area contributed by atoms with Crippen molar-refractivity contribution >= 4 is 23.1 Å². The maximum Gasteiger partial charge on any atom is 0.0327 e. The third-order valence-electron chi connectivity index (χ3n) is 3.43. The molecule has 18 heavy (non-hydrogen) atoms. The van der Waals surface area contributed by atoms with E-state index in [1.165, 1.54) is 34.8 Å². The molecule has 1 aromatic rings. The Labute approximate surface area is 119 Å². The first kappa shape index (κ1) is 14.4. The summed E-state index contributed by atoms with van der Waals surface area (Å²) in [7, 11) is 6.54. The summed E-state index contributed by atoms with van der Waals surface area (Å²) in [5, 5.41) is 2.31. The second kappa shape index (κ2) is 6.94. The zero-order chi connectivity index (χ0) is 13.0. The fraction of sp³-hybridized carbons (Fsp3) is 0.714. The molecule has 0 aromatic carbocycles. The number of thiophene rings is 1. The van der Waals surface area contributed by atoms with Crippen LogP contribution in [-0.2, 0) is 13.1 Å². The molecule has 2 nitrogen and oxygen atoms in total. The molecule has 2 heterocycles. The van der Waals surface area contributed by atoms with Crippen LogP contribution in [0.3, 0.4) is 0 Å². The Hall–Kier alpha value is -0.0300. The van der Waals surface area contributed by atoms with Crippen LogP contribution in [0.5, 0.6) is 0 Å². The summed E-state index contributed by atoms with van der Waals surface area (Å²) in [4.78, 5) is 6.28. The van der Waals surface area contributed by atoms with Crippen LogP contribution in [-0.4, -0.2) is 48.5 Å². The average Bonchev–Trinajstić information content (AvgIpc) is 2.76. The van der Waals surface area contributed by atoms with E-state index in [-0.39, 0.29) is 0 Å². The highest BCUT2D eigenvalue weighted by atomic mass is 32.2. The highest BCUT2D eigenvalue weighted by molar-refractivity contribution is 7.99. The van der Waals surface area contributed by atoms with Crippen molar-refractivity contribution in [1.82, 2.24) is 9.80 Å². The SMILES string of the molecule is CN(C)Cc1csc(CN(C)C2CCSCC2)c1. The Morgan fingerprint density at radius 3 is 2.56 bits per heavy atom. The first-order valence-electron chi connectivity index (χ1n) is 6.64. The molecule has 2 rings (SSSR count). The number of thioether (sulfide) groups is 1. The highest BCUT2D eigenvalue weighted by Gasteiger charge is 2.18. The van der Waals surface area contributed by atoms with Crippen LogP contribution in [0.1, 0.15) is 23.3 Å². The Morgan fingerprint density at radius 2 is 1.89 bits per heavy atom. The van der Waals surface area contributed by atoms with Crippen LogP contribution in [0.15, 0.2) is 11.4 Å². The molecule has 0 atom stereocenters. The molecule has 1 fully saturated rings. The lowest BCUT2D eigenvalue weighted by Gasteiger charge is -2.30. The molecule has 0 unspecified atom stereocenters. The van der Waals surface area contributed by atoms with Crippen LogP contribution in [0.2, 0.25) is 0 Å². The Kier molecular flexibility index (Phi) is 5.55. The largest absolute Gasteiger partial charge is 0.305 e. The van der Waals surface area contributed by atoms with Gasteiger partial charge in [0.1, 0.15) is 0 Å². The second-order valence-corrected chi connectivity index (χ2v) is 7.64. The number of rotatable bonds is 5. The van der Waals surface area contributed by atoms with Gasteiger partial charge in [-0.15, -0.1) is 11.3 Å². The molecular formula is C14H24N2S2. The average molecular weight is 284 g/mol. The van der Waals surface area contributed by atoms with E-state index in [2.05, 4.69) is 54.2 Å². The zero-order valence-electron chi connectivity index (χ0n) is 11.7. The van der Waals surface area contributed by atoms with E-state index >= 15 is 0 Å². The minimum atomic E-state index is 0.797. The number of hydrogen-bond donors (Lipinski definition) is 0. The van der Waals surface area contributed by atoms with Crippen LogP contribution >= 0.6 is 23.1 Å². The minimum absolute atomic E-state index is 0.797. The Bertz CT molecular complexity index is 356. The predicted molar refractivity (Wildman–Crippen MR) is 83.5 cm³/mol. The van der Waals surface area contributed by atoms with E-state index < -0.39 is 0 Å². The molecule has 1 aliphatic rings. The lowest BCUT2D eigenvalue weighted by molar-refractivity contribution is 0.223. The first-order chi connectivity index (χ1) is 8.65. The van der Waals surface area contributed by atoms with Gasteiger partial charge in [-0.1, -0.05) is 0 Å². The van der Waals surface area contributed by atoms with Crippen molar-refractivity contribution < 1.29 is 0 Å². The van der Waals surface area contributed by atoms with E-state index in [1.54, 1.807) is 0 Å². The summed E-state index contributed by atoms with van der Waals surface area (Å²) in [6.07, 6.45) is 2.72. The van der Waals surface area contributed by atoms with E-state index in [9.17, 15) is 0 Å². The molecule has 0 spiro atoms. The van der Waals surface area contributed by atoms with Crippen molar-refractivity contribution in [2.24, 2.45) is 0 Å². The van der Waals surface area contributed by atoms with Crippen LogP contribution < -0.4 is 0 Å². The molecule has 0 bridgehead atoms. The monoisotopic (exact) mass is 284 g/mol. The first-order valence-corrected chi connectivity index (χ1v) is 8.67. The maximum atomic E-state index is 2.55. The van der Waals surface area contributed by atoms with Gasteiger partial charge in [-0.2, -0.15) is 11.8 Å². The number of hydrogen-bond acceptors (Lipinski definition) is 4. The molecular weight excluding hydrogens is 260 g/mol. The van der Waals surface area contributed by atoms with Gasteiger partial charge >= 0.3 is 0 Å². The lowest BCUT2D eigenvalue weighted by Crippen LogP contribution is -2.34. The Morgan fingerprint density at radius 1 is 1.17 bits per heavy atom. The van der Waals surface area contributed by atoms with Gasteiger partial charge in [0.2, 0.25) is 0 Å². The van der Waals surface area contributed by atoms with Crippen molar-refractivity contribution in [3.05, 3.63) is 21.9 Å². The van der Waals surface area contributed by atoms with Gasteiger partial charge in [-0.05, 0) is 62.5 Å². The van der Waals surface area contributed by atoms with E-state index in [0.717, 1.165) is 19.1 Å². The van der Waals surface area contributed by atoms with Gasteiger partial charge in [-0.25, -0.2) is 0 Å². The van der Waals surface area contributed by atoms with Gasteiger partial charge < -0.3 is 4.90 Å². The van der Waals surface area contributed by atoms with Crippen LogP contribution in [0.25, 0.3) is 0 Å². The third kappa shape index (κ3) is 4.26. The van der Waals surface area contributed by atoms with Crippen molar-refractivity contribution in [3.63, 3.8) is 0 Å². The molecule has 0 radical (unpaired) electrons. The smallest absolute Gasteiger partial charge is 0.0327 e. The molecule has 0 saturated carbocycles. The minimum Gasteiger partial charge on any atom is -0.305 e. The quantitative estimate of drug-likeness (QED) is 0.820. The maximum absolute atomic E-state index is 2.55. The van der Waals surface area contributed by atoms with E-state index in [1.807, 2.05) is 11.3 Å². The molecule has 102 valence electrons. The van der Waals surface area contributed by atoms with Gasteiger partial charge in [0.15, 0.2) is 0 Å². The van der Waals surface area contributed by atoms with Crippen molar-refractivity contribution in [2.45, 2.75) is 32.0 Å². The summed E-state index contributed by atoms with van der Waals surface area (Å²) >= 11 is 4.01. The zero-order valence-corrected chi connectivity index (χ0v) is 13.3. The van der Waals surface area contributed by atoms with Crippen molar-refractivity contribution in [1.29, 1.82) is 0 Å². The fourth-order valence-corrected chi connectivity index (χ4v) is 4.48. The van der Waals surface area contributed by atoms with Crippen molar-refractivity contribution in [3.8, 4) is 0 Å². The summed E-state index contributed by atoms with van der Waals surface area (Å²) < 4.78 is 0. The highest BCUT2D eigenvalue weighted by Crippen LogP contribution is 2.24. The van der Waals surface area contributed by atoms with E-state index in [4.69, 9.17) is 0 Å². The molecule has 1 aromatic heterocycles. The van der Waals surface area contributed by atoms with E-state index in [0.29, 0.717) is 0 Å². The van der Waals surface area contributed by atoms with Gasteiger partial charge in [0, 0.05) is 24.0 Å². The summed E-state index contributed by atoms with van der Waals surface area (Å²) in [5.74, 6) is 2.68. The summed E-state index contributed by atoms with van der Waals surface area (Å²) in [5.41, 5.74) is 1.45. The standard InChI is InChI=1S/C14H24N2S2/c1-15(2)9-12-8-14(18-11-12)10-16(3)13-4-6-17-7-5-13/h8,11,13H,4-7,9-10H2,1-3H3. The van der Waals surface area contributed by atoms with Gasteiger partial charge in [-0.3, -0.25) is 4.90 Å². The van der Waals surface area contributed by atoms with Crippen molar-refractivity contribution in [2.75, 3.05) is 32.6 Å². The summed E-state index contributed by atoms with van der Waals surface area (Å²) in [6.45, 7) is 2.17. The summed E-state index contributed by atoms with van der Waals surface area (Å²) in [6, 6.07) is 3.17.